The number of aliphatic imine (C=N–C) groups is 1. The van der Waals surface area contributed by atoms with Crippen molar-refractivity contribution in [3.63, 3.8) is 0 Å². The van der Waals surface area contributed by atoms with Crippen molar-refractivity contribution in [2.45, 2.75) is 20.4 Å². The highest BCUT2D eigenvalue weighted by Gasteiger charge is 2.06. The molecule has 7 nitrogen and oxygen atoms in total. The van der Waals surface area contributed by atoms with Gasteiger partial charge in [-0.25, -0.2) is 9.98 Å². The van der Waals surface area contributed by atoms with Gasteiger partial charge in [-0.2, -0.15) is 0 Å². The Morgan fingerprint density at radius 1 is 1.08 bits per heavy atom. The van der Waals surface area contributed by atoms with Gasteiger partial charge in [0, 0.05) is 30.6 Å². The molecule has 0 aliphatic heterocycles. The van der Waals surface area contributed by atoms with Crippen molar-refractivity contribution >= 4 is 11.6 Å². The van der Waals surface area contributed by atoms with Crippen LogP contribution in [0.5, 0.6) is 17.4 Å². The quantitative estimate of drug-likeness (QED) is 0.558. The Hall–Kier alpha value is -2.96. The number of nitrogens with one attached hydrogen (secondary N) is 2. The number of hydrogen-bond acceptors (Lipinski definition) is 5. The Kier molecular flexibility index (Phi) is 7.54. The highest BCUT2D eigenvalue weighted by Crippen LogP contribution is 2.29. The van der Waals surface area contributed by atoms with E-state index in [4.69, 9.17) is 14.2 Å². The van der Waals surface area contributed by atoms with Gasteiger partial charge >= 0.3 is 0 Å². The summed E-state index contributed by atoms with van der Waals surface area (Å²) in [6.07, 6.45) is 1.73. The van der Waals surface area contributed by atoms with Crippen LogP contribution in [-0.2, 0) is 6.54 Å². The molecule has 2 N–H and O–H groups in total. The van der Waals surface area contributed by atoms with Gasteiger partial charge in [-0.15, -0.1) is 0 Å². The minimum absolute atomic E-state index is 0.505. The van der Waals surface area contributed by atoms with Crippen LogP contribution in [0.15, 0.2) is 41.5 Å². The second-order valence-electron chi connectivity index (χ2n) is 5.33. The SMILES string of the molecule is CCNC(=NCc1ccnc(OCC)c1)Nc1ccc(OC)c(OC)c1. The van der Waals surface area contributed by atoms with Crippen molar-refractivity contribution in [1.29, 1.82) is 0 Å². The van der Waals surface area contributed by atoms with E-state index in [-0.39, 0.29) is 0 Å². The number of aromatic nitrogens is 1. The topological polar surface area (TPSA) is 77.0 Å². The zero-order valence-electron chi connectivity index (χ0n) is 15.7. The Balaban J connectivity index is 2.12. The molecular formula is C19H26N4O3. The smallest absolute Gasteiger partial charge is 0.213 e. The Bertz CT molecular complexity index is 734. The maximum absolute atomic E-state index is 5.43. The Morgan fingerprint density at radius 3 is 2.58 bits per heavy atom. The summed E-state index contributed by atoms with van der Waals surface area (Å²) in [7, 11) is 3.22. The van der Waals surface area contributed by atoms with E-state index in [9.17, 15) is 0 Å². The maximum Gasteiger partial charge on any atom is 0.213 e. The lowest BCUT2D eigenvalue weighted by molar-refractivity contribution is 0.326. The minimum Gasteiger partial charge on any atom is -0.493 e. The molecule has 0 radical (unpaired) electrons. The van der Waals surface area contributed by atoms with Crippen molar-refractivity contribution in [2.24, 2.45) is 4.99 Å². The molecule has 7 heteroatoms. The number of ether oxygens (including phenoxy) is 3. The lowest BCUT2D eigenvalue weighted by Crippen LogP contribution is -2.30. The van der Waals surface area contributed by atoms with Gasteiger partial charge in [0.25, 0.3) is 0 Å². The summed E-state index contributed by atoms with van der Waals surface area (Å²) in [5, 5.41) is 6.50. The lowest BCUT2D eigenvalue weighted by Gasteiger charge is -2.14. The second kappa shape index (κ2) is 10.1. The first-order valence-electron chi connectivity index (χ1n) is 8.55. The van der Waals surface area contributed by atoms with Crippen molar-refractivity contribution in [1.82, 2.24) is 10.3 Å². The summed E-state index contributed by atoms with van der Waals surface area (Å²) >= 11 is 0. The molecule has 0 fully saturated rings. The average Bonchev–Trinajstić information content (AvgIpc) is 2.67. The molecule has 2 aromatic rings. The average molecular weight is 358 g/mol. The van der Waals surface area contributed by atoms with Crippen LogP contribution in [0.2, 0.25) is 0 Å². The highest BCUT2D eigenvalue weighted by molar-refractivity contribution is 5.93. The molecule has 26 heavy (non-hydrogen) atoms. The zero-order valence-corrected chi connectivity index (χ0v) is 15.7. The van der Waals surface area contributed by atoms with Crippen LogP contribution < -0.4 is 24.8 Å². The molecular weight excluding hydrogens is 332 g/mol. The van der Waals surface area contributed by atoms with Gasteiger partial charge in [0.1, 0.15) is 0 Å². The van der Waals surface area contributed by atoms with Crippen molar-refractivity contribution < 1.29 is 14.2 Å². The third-order valence-electron chi connectivity index (χ3n) is 3.50. The Morgan fingerprint density at radius 2 is 1.88 bits per heavy atom. The first kappa shape index (κ1) is 19.4. The number of guanidine groups is 1. The molecule has 1 aromatic carbocycles. The van der Waals surface area contributed by atoms with Gasteiger partial charge in [0.2, 0.25) is 5.88 Å². The van der Waals surface area contributed by atoms with Gasteiger partial charge in [0.05, 0.1) is 27.4 Å². The fourth-order valence-corrected chi connectivity index (χ4v) is 2.30. The van der Waals surface area contributed by atoms with E-state index in [1.807, 2.05) is 44.2 Å². The largest absolute Gasteiger partial charge is 0.493 e. The minimum atomic E-state index is 0.505. The van der Waals surface area contributed by atoms with Crippen LogP contribution in [0, 0.1) is 0 Å². The molecule has 0 amide bonds. The molecule has 0 atom stereocenters. The molecule has 0 unspecified atom stereocenters. The monoisotopic (exact) mass is 358 g/mol. The number of hydrogen-bond donors (Lipinski definition) is 2. The van der Waals surface area contributed by atoms with Crippen LogP contribution >= 0.6 is 0 Å². The number of anilines is 1. The van der Waals surface area contributed by atoms with Gasteiger partial charge < -0.3 is 24.8 Å². The van der Waals surface area contributed by atoms with Crippen LogP contribution in [0.3, 0.4) is 0 Å². The molecule has 0 saturated heterocycles. The molecule has 1 aromatic heterocycles. The van der Waals surface area contributed by atoms with E-state index in [1.165, 1.54) is 0 Å². The fraction of sp³-hybridized carbons (Fsp3) is 0.368. The third-order valence-corrected chi connectivity index (χ3v) is 3.50. The van der Waals surface area contributed by atoms with E-state index in [0.29, 0.717) is 36.5 Å². The van der Waals surface area contributed by atoms with Crippen LogP contribution in [-0.4, -0.2) is 38.3 Å². The number of benzene rings is 1. The lowest BCUT2D eigenvalue weighted by atomic mass is 10.2. The summed E-state index contributed by atoms with van der Waals surface area (Å²) in [5.41, 5.74) is 1.88. The summed E-state index contributed by atoms with van der Waals surface area (Å²) in [6.45, 7) is 5.79. The third kappa shape index (κ3) is 5.54. The Labute approximate surface area is 154 Å². The molecule has 140 valence electrons. The second-order valence-corrected chi connectivity index (χ2v) is 5.33. The normalized spacial score (nSPS) is 11.0. The molecule has 0 aliphatic rings. The molecule has 1 heterocycles. The van der Waals surface area contributed by atoms with Crippen molar-refractivity contribution in [3.05, 3.63) is 42.1 Å². The van der Waals surface area contributed by atoms with Crippen molar-refractivity contribution in [2.75, 3.05) is 32.7 Å². The standard InChI is InChI=1S/C19H26N4O3/c1-5-20-19(22-13-14-9-10-21-18(11-14)26-6-2)23-15-7-8-16(24-3)17(12-15)25-4/h7-12H,5-6,13H2,1-4H3,(H2,20,22,23). The molecule has 2 rings (SSSR count). The van der Waals surface area contributed by atoms with Crippen LogP contribution in [0.1, 0.15) is 19.4 Å². The maximum atomic E-state index is 5.43. The number of rotatable bonds is 8. The highest BCUT2D eigenvalue weighted by atomic mass is 16.5. The van der Waals surface area contributed by atoms with E-state index in [1.54, 1.807) is 20.4 Å². The van der Waals surface area contributed by atoms with E-state index in [0.717, 1.165) is 17.8 Å². The first-order chi connectivity index (χ1) is 12.7. The van der Waals surface area contributed by atoms with E-state index < -0.39 is 0 Å². The number of nitrogens with zero attached hydrogens (tertiary/aromatic N) is 2. The number of pyridine rings is 1. The van der Waals surface area contributed by atoms with Crippen LogP contribution in [0.25, 0.3) is 0 Å². The summed E-state index contributed by atoms with van der Waals surface area (Å²) in [6, 6.07) is 9.44. The zero-order chi connectivity index (χ0) is 18.8. The molecule has 0 bridgehead atoms. The van der Waals surface area contributed by atoms with Gasteiger partial charge in [0.15, 0.2) is 17.5 Å². The predicted molar refractivity (Wildman–Crippen MR) is 103 cm³/mol. The summed E-state index contributed by atoms with van der Waals surface area (Å²) in [4.78, 5) is 8.79. The molecule has 0 aliphatic carbocycles. The summed E-state index contributed by atoms with van der Waals surface area (Å²) < 4.78 is 16.0. The first-order valence-corrected chi connectivity index (χ1v) is 8.55. The number of methoxy groups -OCH3 is 2. The van der Waals surface area contributed by atoms with Gasteiger partial charge in [-0.05, 0) is 37.6 Å². The van der Waals surface area contributed by atoms with E-state index in [2.05, 4.69) is 20.6 Å². The molecule has 0 saturated carbocycles. The van der Waals surface area contributed by atoms with Crippen LogP contribution in [0.4, 0.5) is 5.69 Å². The molecule has 0 spiro atoms. The summed E-state index contributed by atoms with van der Waals surface area (Å²) in [5.74, 6) is 2.62. The fourth-order valence-electron chi connectivity index (χ4n) is 2.30. The predicted octanol–water partition coefficient (Wildman–Crippen LogP) is 3.08. The van der Waals surface area contributed by atoms with E-state index >= 15 is 0 Å². The van der Waals surface area contributed by atoms with Crippen molar-refractivity contribution in [3.8, 4) is 17.4 Å². The van der Waals surface area contributed by atoms with Gasteiger partial charge in [-0.1, -0.05) is 0 Å². The van der Waals surface area contributed by atoms with Gasteiger partial charge in [-0.3, -0.25) is 0 Å².